The molecule has 0 bridgehead atoms. The van der Waals surface area contributed by atoms with Gasteiger partial charge in [-0.3, -0.25) is 0 Å². The summed E-state index contributed by atoms with van der Waals surface area (Å²) in [7, 11) is 0. The third-order valence-electron chi connectivity index (χ3n) is 0.848. The molecule has 0 aromatic heterocycles. The average Bonchev–Trinajstić information content (AvgIpc) is 2.07. The molecular formula is C11H24NaO2-. The summed E-state index contributed by atoms with van der Waals surface area (Å²) in [5, 5.41) is 0. The standard InChI is InChI=1S/C5H9O2.C4H10.C2H5.Na/c1-5(2,3)7-4-6;1-3-4-2;1-2;/h1-3H3;3-4H2,1-2H3;1H2,2H3;/q-1;;-1;+1. The number of hydrogen-bond donors (Lipinski definition) is 0. The van der Waals surface area contributed by atoms with Crippen LogP contribution in [0.15, 0.2) is 0 Å². The smallest absolute Gasteiger partial charge is 0.649 e. The van der Waals surface area contributed by atoms with E-state index in [-0.39, 0.29) is 35.2 Å². The predicted molar refractivity (Wildman–Crippen MR) is 58.1 cm³/mol. The minimum Gasteiger partial charge on any atom is -0.649 e. The van der Waals surface area contributed by atoms with Crippen molar-refractivity contribution in [3.8, 4) is 0 Å². The summed E-state index contributed by atoms with van der Waals surface area (Å²) in [6.07, 6.45) is 2.64. The number of ether oxygens (including phenoxy) is 1. The molecule has 0 aliphatic rings. The normalized spacial score (nSPS) is 7.93. The third-order valence-corrected chi connectivity index (χ3v) is 0.848. The maximum absolute atomic E-state index is 9.47. The van der Waals surface area contributed by atoms with E-state index < -0.39 is 0 Å². The number of carbonyl (C=O) groups excluding carboxylic acids is 1. The summed E-state index contributed by atoms with van der Waals surface area (Å²) in [5.41, 5.74) is -0.373. The zero-order valence-corrected chi connectivity index (χ0v) is 12.9. The van der Waals surface area contributed by atoms with Gasteiger partial charge in [0, 0.05) is 0 Å². The monoisotopic (exact) mass is 211 g/mol. The Morgan fingerprint density at radius 1 is 1.14 bits per heavy atom. The fourth-order valence-corrected chi connectivity index (χ4v) is 0.125. The van der Waals surface area contributed by atoms with Gasteiger partial charge in [-0.05, 0) is 20.8 Å². The second-order valence-corrected chi connectivity index (χ2v) is 3.30. The maximum atomic E-state index is 9.47. The van der Waals surface area contributed by atoms with Gasteiger partial charge in [-0.25, -0.2) is 0 Å². The minimum atomic E-state index is -0.373. The van der Waals surface area contributed by atoms with Crippen molar-refractivity contribution in [1.82, 2.24) is 0 Å². The Bertz CT molecular complexity index is 85.8. The first-order valence-electron chi connectivity index (χ1n) is 4.73. The fourth-order valence-electron chi connectivity index (χ4n) is 0.125. The Labute approximate surface area is 112 Å². The van der Waals surface area contributed by atoms with E-state index in [0.29, 0.717) is 0 Å². The van der Waals surface area contributed by atoms with Gasteiger partial charge in [-0.2, -0.15) is 6.92 Å². The van der Waals surface area contributed by atoms with E-state index in [4.69, 9.17) is 0 Å². The number of rotatable bonds is 2. The molecule has 0 aromatic carbocycles. The molecule has 0 saturated carbocycles. The third kappa shape index (κ3) is 54.8. The van der Waals surface area contributed by atoms with Crippen LogP contribution < -0.4 is 29.6 Å². The quantitative estimate of drug-likeness (QED) is 0.492. The summed E-state index contributed by atoms with van der Waals surface area (Å²) in [4.78, 5) is 9.47. The number of unbranched alkanes of at least 4 members (excludes halogenated alkanes) is 1. The Balaban J connectivity index is -0.0000000620. The van der Waals surface area contributed by atoms with Gasteiger partial charge in [0.2, 0.25) is 0 Å². The summed E-state index contributed by atoms with van der Waals surface area (Å²) in [6.45, 7) is 16.1. The zero-order valence-electron chi connectivity index (χ0n) is 10.9. The molecular weight excluding hydrogens is 187 g/mol. The summed E-state index contributed by atoms with van der Waals surface area (Å²) in [5.74, 6) is 0. The molecule has 0 aromatic rings. The van der Waals surface area contributed by atoms with Crippen LogP contribution in [-0.4, -0.2) is 12.1 Å². The van der Waals surface area contributed by atoms with Gasteiger partial charge in [0.1, 0.15) is 0 Å². The van der Waals surface area contributed by atoms with Crippen LogP contribution in [0.3, 0.4) is 0 Å². The van der Waals surface area contributed by atoms with Gasteiger partial charge in [0.15, 0.2) is 0 Å². The van der Waals surface area contributed by atoms with Gasteiger partial charge >= 0.3 is 29.6 Å². The van der Waals surface area contributed by atoms with E-state index in [9.17, 15) is 4.79 Å². The van der Waals surface area contributed by atoms with Crippen LogP contribution in [0.4, 0.5) is 0 Å². The summed E-state index contributed by atoms with van der Waals surface area (Å²) >= 11 is 0. The predicted octanol–water partition coefficient (Wildman–Crippen LogP) is 0.519. The molecule has 0 unspecified atom stereocenters. The SMILES string of the molecule is CC(C)(C)O[C-]=O.CCCC.[CH2-]C.[Na+]. The van der Waals surface area contributed by atoms with Crippen molar-refractivity contribution in [3.63, 3.8) is 0 Å². The van der Waals surface area contributed by atoms with Gasteiger partial charge in [0.05, 0.1) is 5.60 Å². The molecule has 0 amide bonds. The van der Waals surface area contributed by atoms with Gasteiger partial charge < -0.3 is 16.5 Å². The Kier molecular flexibility index (Phi) is 32.7. The van der Waals surface area contributed by atoms with E-state index in [1.165, 1.54) is 19.3 Å². The van der Waals surface area contributed by atoms with Crippen LogP contribution in [0.2, 0.25) is 0 Å². The second kappa shape index (κ2) is 19.1. The first-order valence-corrected chi connectivity index (χ1v) is 4.73. The van der Waals surface area contributed by atoms with Crippen molar-refractivity contribution in [2.75, 3.05) is 0 Å². The maximum Gasteiger partial charge on any atom is 1.00 e. The zero-order chi connectivity index (χ0) is 11.3. The minimum absolute atomic E-state index is 0. The van der Waals surface area contributed by atoms with E-state index >= 15 is 0 Å². The number of hydrogen-bond acceptors (Lipinski definition) is 2. The van der Waals surface area contributed by atoms with E-state index in [1.54, 1.807) is 27.7 Å². The van der Waals surface area contributed by atoms with Crippen molar-refractivity contribution < 1.29 is 39.1 Å². The van der Waals surface area contributed by atoms with Crippen LogP contribution in [-0.2, 0) is 9.53 Å². The van der Waals surface area contributed by atoms with E-state index in [0.717, 1.165) is 0 Å². The van der Waals surface area contributed by atoms with E-state index in [1.807, 2.05) is 0 Å². The molecule has 0 spiro atoms. The fraction of sp³-hybridized carbons (Fsp3) is 0.818. The topological polar surface area (TPSA) is 26.3 Å². The van der Waals surface area contributed by atoms with Crippen LogP contribution in [0.1, 0.15) is 54.4 Å². The van der Waals surface area contributed by atoms with Crippen LogP contribution in [0, 0.1) is 6.92 Å². The molecule has 0 rings (SSSR count). The Morgan fingerprint density at radius 3 is 1.43 bits per heavy atom. The largest absolute Gasteiger partial charge is 1.00 e. The van der Waals surface area contributed by atoms with Crippen molar-refractivity contribution in [1.29, 1.82) is 0 Å². The molecule has 14 heavy (non-hydrogen) atoms. The molecule has 0 aliphatic carbocycles. The van der Waals surface area contributed by atoms with Crippen molar-refractivity contribution in [3.05, 3.63) is 6.92 Å². The van der Waals surface area contributed by atoms with Crippen LogP contribution in [0.25, 0.3) is 0 Å². The molecule has 82 valence electrons. The van der Waals surface area contributed by atoms with Gasteiger partial charge in [-0.1, -0.05) is 33.2 Å². The molecule has 2 nitrogen and oxygen atoms in total. The molecule has 0 fully saturated rings. The Hall–Kier alpha value is 0.470. The molecule has 3 heteroatoms. The molecule has 0 saturated heterocycles. The molecule has 0 N–H and O–H groups in total. The average molecular weight is 211 g/mol. The first-order chi connectivity index (χ1) is 5.97. The Morgan fingerprint density at radius 2 is 1.43 bits per heavy atom. The summed E-state index contributed by atoms with van der Waals surface area (Å²) in [6, 6.07) is 0. The molecule has 0 heterocycles. The van der Waals surface area contributed by atoms with Crippen LogP contribution in [0.5, 0.6) is 0 Å². The molecule has 0 atom stereocenters. The second-order valence-electron chi connectivity index (χ2n) is 3.30. The van der Waals surface area contributed by atoms with Gasteiger partial charge in [-0.15, -0.1) is 0 Å². The molecule has 0 aliphatic heterocycles. The van der Waals surface area contributed by atoms with Crippen molar-refractivity contribution in [2.24, 2.45) is 0 Å². The van der Waals surface area contributed by atoms with E-state index in [2.05, 4.69) is 25.5 Å². The first kappa shape index (κ1) is 24.0. The van der Waals surface area contributed by atoms with Crippen LogP contribution >= 0.6 is 0 Å². The van der Waals surface area contributed by atoms with Crippen molar-refractivity contribution >= 4 is 6.47 Å². The molecule has 0 radical (unpaired) electrons. The van der Waals surface area contributed by atoms with Gasteiger partial charge in [0.25, 0.3) is 0 Å². The summed E-state index contributed by atoms with van der Waals surface area (Å²) < 4.78 is 4.42. The van der Waals surface area contributed by atoms with Crippen molar-refractivity contribution in [2.45, 2.75) is 60.0 Å².